The summed E-state index contributed by atoms with van der Waals surface area (Å²) in [6.45, 7) is 3.11. The van der Waals surface area contributed by atoms with Crippen LogP contribution in [0.5, 0.6) is 0 Å². The normalized spacial score (nSPS) is 17.8. The summed E-state index contributed by atoms with van der Waals surface area (Å²) in [7, 11) is -5.55. The minimum Gasteiger partial charge on any atom is -0.317 e. The number of hydrogen-bond donors (Lipinski definition) is 1. The lowest BCUT2D eigenvalue weighted by Gasteiger charge is -2.30. The van der Waals surface area contributed by atoms with Crippen molar-refractivity contribution in [2.24, 2.45) is 0 Å². The van der Waals surface area contributed by atoms with Crippen molar-refractivity contribution in [2.75, 3.05) is 25.9 Å². The van der Waals surface area contributed by atoms with Gasteiger partial charge in [-0.1, -0.05) is 13.0 Å². The second kappa shape index (κ2) is 6.66. The number of nitrogens with zero attached hydrogens (tertiary/aromatic N) is 1. The van der Waals surface area contributed by atoms with Gasteiger partial charge in [0.15, 0.2) is 9.84 Å². The summed E-state index contributed by atoms with van der Waals surface area (Å²) in [5, 5.41) is 3.20. The molecular formula is C14H22N2O4S2. The van der Waals surface area contributed by atoms with E-state index in [0.29, 0.717) is 0 Å². The van der Waals surface area contributed by atoms with Gasteiger partial charge in [0.2, 0.25) is 10.0 Å². The maximum absolute atomic E-state index is 12.7. The SMILES string of the molecule is CCS(=O)(=O)c1cccc(S(=O)(=O)N(C)C2CCNCC2)c1. The number of hydrogen-bond acceptors (Lipinski definition) is 5. The Morgan fingerprint density at radius 3 is 2.32 bits per heavy atom. The average Bonchev–Trinajstić information content (AvgIpc) is 2.55. The first kappa shape index (κ1) is 17.4. The van der Waals surface area contributed by atoms with Gasteiger partial charge in [-0.05, 0) is 44.1 Å². The summed E-state index contributed by atoms with van der Waals surface area (Å²) in [6, 6.07) is 5.55. The summed E-state index contributed by atoms with van der Waals surface area (Å²) in [6.07, 6.45) is 1.51. The van der Waals surface area contributed by atoms with E-state index in [2.05, 4.69) is 5.32 Å². The molecule has 0 amide bonds. The van der Waals surface area contributed by atoms with E-state index in [4.69, 9.17) is 0 Å². The summed E-state index contributed by atoms with van der Waals surface area (Å²) >= 11 is 0. The lowest BCUT2D eigenvalue weighted by Crippen LogP contribution is -2.43. The smallest absolute Gasteiger partial charge is 0.243 e. The molecule has 8 heteroatoms. The monoisotopic (exact) mass is 346 g/mol. The molecule has 0 aromatic heterocycles. The molecule has 1 aliphatic heterocycles. The van der Waals surface area contributed by atoms with Gasteiger partial charge in [0.25, 0.3) is 0 Å². The number of sulfonamides is 1. The molecule has 1 aliphatic rings. The Kier molecular flexibility index (Phi) is 5.26. The largest absolute Gasteiger partial charge is 0.317 e. The van der Waals surface area contributed by atoms with E-state index in [-0.39, 0.29) is 21.6 Å². The molecule has 124 valence electrons. The molecule has 0 spiro atoms. The van der Waals surface area contributed by atoms with Gasteiger partial charge in [-0.3, -0.25) is 0 Å². The first-order valence-corrected chi connectivity index (χ1v) is 10.4. The van der Waals surface area contributed by atoms with Gasteiger partial charge in [0.05, 0.1) is 15.5 Å². The highest BCUT2D eigenvalue weighted by molar-refractivity contribution is 7.91. The van der Waals surface area contributed by atoms with E-state index in [1.807, 2.05) is 0 Å². The maximum atomic E-state index is 12.7. The van der Waals surface area contributed by atoms with Crippen LogP contribution in [-0.2, 0) is 19.9 Å². The molecule has 1 aromatic carbocycles. The molecule has 1 aromatic rings. The Labute approximate surface area is 132 Å². The molecule has 0 unspecified atom stereocenters. The van der Waals surface area contributed by atoms with E-state index in [9.17, 15) is 16.8 Å². The van der Waals surface area contributed by atoms with Crippen LogP contribution < -0.4 is 5.32 Å². The molecule has 1 heterocycles. The van der Waals surface area contributed by atoms with Gasteiger partial charge >= 0.3 is 0 Å². The van der Waals surface area contributed by atoms with E-state index < -0.39 is 19.9 Å². The van der Waals surface area contributed by atoms with Gasteiger partial charge in [0.1, 0.15) is 0 Å². The van der Waals surface area contributed by atoms with Crippen molar-refractivity contribution >= 4 is 19.9 Å². The molecule has 22 heavy (non-hydrogen) atoms. The van der Waals surface area contributed by atoms with Crippen LogP contribution in [0.1, 0.15) is 19.8 Å². The van der Waals surface area contributed by atoms with Gasteiger partial charge in [0, 0.05) is 13.1 Å². The highest BCUT2D eigenvalue weighted by Gasteiger charge is 2.29. The Morgan fingerprint density at radius 2 is 1.73 bits per heavy atom. The first-order chi connectivity index (χ1) is 10.3. The van der Waals surface area contributed by atoms with Crippen LogP contribution >= 0.6 is 0 Å². The third-order valence-electron chi connectivity index (χ3n) is 4.04. The number of nitrogens with one attached hydrogen (secondary N) is 1. The van der Waals surface area contributed by atoms with Gasteiger partial charge in [-0.2, -0.15) is 4.31 Å². The fourth-order valence-electron chi connectivity index (χ4n) is 2.53. The van der Waals surface area contributed by atoms with Crippen LogP contribution in [0.2, 0.25) is 0 Å². The van der Waals surface area contributed by atoms with Gasteiger partial charge in [-0.25, -0.2) is 16.8 Å². The molecule has 0 atom stereocenters. The molecule has 0 saturated carbocycles. The third-order valence-corrected chi connectivity index (χ3v) is 7.68. The van der Waals surface area contributed by atoms with E-state index in [1.54, 1.807) is 7.05 Å². The maximum Gasteiger partial charge on any atom is 0.243 e. The van der Waals surface area contributed by atoms with Crippen molar-refractivity contribution in [1.29, 1.82) is 0 Å². The second-order valence-corrected chi connectivity index (χ2v) is 9.66. The zero-order chi connectivity index (χ0) is 16.4. The van der Waals surface area contributed by atoms with Crippen LogP contribution in [0.3, 0.4) is 0 Å². The van der Waals surface area contributed by atoms with Crippen molar-refractivity contribution in [1.82, 2.24) is 9.62 Å². The fraction of sp³-hybridized carbons (Fsp3) is 0.571. The molecule has 2 rings (SSSR count). The van der Waals surface area contributed by atoms with Crippen LogP contribution in [0.25, 0.3) is 0 Å². The summed E-state index contributed by atoms with van der Waals surface area (Å²) in [5.41, 5.74) is 0. The molecule has 1 N–H and O–H groups in total. The molecule has 1 saturated heterocycles. The molecule has 0 bridgehead atoms. The van der Waals surface area contributed by atoms with E-state index in [1.165, 1.54) is 35.5 Å². The standard InChI is InChI=1S/C14H22N2O4S2/c1-3-21(17,18)13-5-4-6-14(11-13)22(19,20)16(2)12-7-9-15-10-8-12/h4-6,11-12,15H,3,7-10H2,1-2H3. The van der Waals surface area contributed by atoms with Crippen molar-refractivity contribution in [2.45, 2.75) is 35.6 Å². The molecule has 1 fully saturated rings. The minimum absolute atomic E-state index is 0.0306. The number of sulfone groups is 1. The lowest BCUT2D eigenvalue weighted by molar-refractivity contribution is 0.296. The van der Waals surface area contributed by atoms with Crippen molar-refractivity contribution in [3.05, 3.63) is 24.3 Å². The van der Waals surface area contributed by atoms with Crippen molar-refractivity contribution < 1.29 is 16.8 Å². The summed E-state index contributed by atoms with van der Waals surface area (Å²) in [4.78, 5) is 0.0813. The summed E-state index contributed by atoms with van der Waals surface area (Å²) in [5.74, 6) is -0.0549. The molecular weight excluding hydrogens is 324 g/mol. The first-order valence-electron chi connectivity index (χ1n) is 7.30. The Morgan fingerprint density at radius 1 is 1.14 bits per heavy atom. The van der Waals surface area contributed by atoms with Crippen LogP contribution in [-0.4, -0.2) is 53.1 Å². The van der Waals surface area contributed by atoms with E-state index in [0.717, 1.165) is 25.9 Å². The Hall–Kier alpha value is -0.960. The van der Waals surface area contributed by atoms with Gasteiger partial charge in [-0.15, -0.1) is 0 Å². The minimum atomic E-state index is -3.69. The lowest BCUT2D eigenvalue weighted by atomic mass is 10.1. The fourth-order valence-corrected chi connectivity index (χ4v) is 4.99. The molecule has 0 aliphatic carbocycles. The molecule has 0 radical (unpaired) electrons. The average molecular weight is 346 g/mol. The van der Waals surface area contributed by atoms with Crippen LogP contribution in [0.4, 0.5) is 0 Å². The molecule has 6 nitrogen and oxygen atoms in total. The highest BCUT2D eigenvalue weighted by Crippen LogP contribution is 2.23. The van der Waals surface area contributed by atoms with Crippen molar-refractivity contribution in [3.8, 4) is 0 Å². The number of piperidine rings is 1. The van der Waals surface area contributed by atoms with E-state index >= 15 is 0 Å². The quantitative estimate of drug-likeness (QED) is 0.855. The highest BCUT2D eigenvalue weighted by atomic mass is 32.2. The predicted molar refractivity (Wildman–Crippen MR) is 85.0 cm³/mol. The zero-order valence-corrected chi connectivity index (χ0v) is 14.5. The van der Waals surface area contributed by atoms with Gasteiger partial charge < -0.3 is 5.32 Å². The summed E-state index contributed by atoms with van der Waals surface area (Å²) < 4.78 is 50.7. The zero-order valence-electron chi connectivity index (χ0n) is 12.8. The third kappa shape index (κ3) is 3.51. The predicted octanol–water partition coefficient (Wildman–Crippen LogP) is 0.853. The Balaban J connectivity index is 2.35. The number of benzene rings is 1. The van der Waals surface area contributed by atoms with Crippen molar-refractivity contribution in [3.63, 3.8) is 0 Å². The second-order valence-electron chi connectivity index (χ2n) is 5.38. The van der Waals surface area contributed by atoms with Crippen LogP contribution in [0.15, 0.2) is 34.1 Å². The number of rotatable bonds is 5. The Bertz CT molecular complexity index is 723. The topological polar surface area (TPSA) is 83.5 Å². The van der Waals surface area contributed by atoms with Crippen LogP contribution in [0, 0.1) is 0 Å².